The number of allylic oxidation sites excluding steroid dienone is 2. The number of guanidine groups is 1. The fourth-order valence-corrected chi connectivity index (χ4v) is 5.93. The van der Waals surface area contributed by atoms with Gasteiger partial charge in [0.2, 0.25) is 11.8 Å². The van der Waals surface area contributed by atoms with Gasteiger partial charge in [-0.25, -0.2) is 0 Å². The highest BCUT2D eigenvalue weighted by Gasteiger charge is 2.58. The maximum atomic E-state index is 12.8. The Kier molecular flexibility index (Phi) is 6.00. The normalized spacial score (nSPS) is 28.9. The number of fused-ring (bicyclic) bond motifs is 6. The fourth-order valence-electron chi connectivity index (χ4n) is 5.93. The van der Waals surface area contributed by atoms with Crippen molar-refractivity contribution in [3.05, 3.63) is 47.5 Å². The lowest BCUT2D eigenvalue weighted by Gasteiger charge is -2.28. The number of rotatable bonds is 7. The maximum Gasteiger partial charge on any atom is 0.233 e. The number of amides is 2. The zero-order valence-electron chi connectivity index (χ0n) is 18.8. The molecule has 4 atom stereocenters. The molecule has 1 aromatic rings. The van der Waals surface area contributed by atoms with Crippen molar-refractivity contribution in [1.29, 1.82) is 0 Å². The van der Waals surface area contributed by atoms with Gasteiger partial charge < -0.3 is 10.6 Å². The summed E-state index contributed by atoms with van der Waals surface area (Å²) in [5.74, 6) is 1.22. The Morgan fingerprint density at radius 1 is 1.00 bits per heavy atom. The highest BCUT2D eigenvalue weighted by Crippen LogP contribution is 2.52. The zero-order chi connectivity index (χ0) is 22.1. The SMILES string of the molecule is CN=C(NCCCN1C(=O)C2C3C=CC(C3)C2C1=O)NCCN1CCc2ccccc2C1. The quantitative estimate of drug-likeness (QED) is 0.223. The van der Waals surface area contributed by atoms with Crippen LogP contribution in [0.15, 0.2) is 41.4 Å². The largest absolute Gasteiger partial charge is 0.356 e. The molecule has 2 aliphatic heterocycles. The summed E-state index contributed by atoms with van der Waals surface area (Å²) in [5, 5.41) is 6.70. The summed E-state index contributed by atoms with van der Waals surface area (Å²) in [6, 6.07) is 8.68. The van der Waals surface area contributed by atoms with Gasteiger partial charge in [0, 0.05) is 46.3 Å². The molecule has 1 aromatic carbocycles. The van der Waals surface area contributed by atoms with Crippen molar-refractivity contribution in [3.8, 4) is 0 Å². The molecule has 0 aromatic heterocycles. The van der Waals surface area contributed by atoms with Crippen molar-refractivity contribution in [2.45, 2.75) is 25.8 Å². The van der Waals surface area contributed by atoms with Crippen LogP contribution >= 0.6 is 0 Å². The molecule has 7 nitrogen and oxygen atoms in total. The average molecular weight is 436 g/mol. The van der Waals surface area contributed by atoms with Crippen molar-refractivity contribution in [2.75, 3.05) is 39.8 Å². The number of imide groups is 1. The number of aliphatic imine (C=N–C) groups is 1. The van der Waals surface area contributed by atoms with E-state index < -0.39 is 0 Å². The third kappa shape index (κ3) is 3.94. The second-order valence-electron chi connectivity index (χ2n) is 9.40. The second-order valence-corrected chi connectivity index (χ2v) is 9.40. The zero-order valence-corrected chi connectivity index (χ0v) is 18.8. The van der Waals surface area contributed by atoms with Crippen LogP contribution in [0.1, 0.15) is 24.0 Å². The monoisotopic (exact) mass is 435 g/mol. The summed E-state index contributed by atoms with van der Waals surface area (Å²) in [6.07, 6.45) is 7.09. The van der Waals surface area contributed by atoms with E-state index in [9.17, 15) is 9.59 Å². The molecule has 0 radical (unpaired) electrons. The third-order valence-electron chi connectivity index (χ3n) is 7.57. The summed E-state index contributed by atoms with van der Waals surface area (Å²) in [7, 11) is 1.77. The van der Waals surface area contributed by atoms with Crippen molar-refractivity contribution in [2.24, 2.45) is 28.7 Å². The number of carbonyl (C=O) groups is 2. The van der Waals surface area contributed by atoms with Crippen LogP contribution in [0.3, 0.4) is 0 Å². The van der Waals surface area contributed by atoms with Gasteiger partial charge in [-0.2, -0.15) is 0 Å². The van der Waals surface area contributed by atoms with Crippen LogP contribution in [0, 0.1) is 23.7 Å². The predicted octanol–water partition coefficient (Wildman–Crippen LogP) is 1.41. The molecule has 2 bridgehead atoms. The molecule has 2 fully saturated rings. The minimum absolute atomic E-state index is 0.0439. The van der Waals surface area contributed by atoms with E-state index in [1.54, 1.807) is 7.05 Å². The number of hydrogen-bond donors (Lipinski definition) is 2. The van der Waals surface area contributed by atoms with Gasteiger partial charge in [0.15, 0.2) is 5.96 Å². The minimum Gasteiger partial charge on any atom is -0.356 e. The van der Waals surface area contributed by atoms with Gasteiger partial charge in [0.25, 0.3) is 0 Å². The van der Waals surface area contributed by atoms with Crippen LogP contribution < -0.4 is 10.6 Å². The van der Waals surface area contributed by atoms with Crippen LogP contribution in [-0.4, -0.2) is 67.3 Å². The van der Waals surface area contributed by atoms with Gasteiger partial charge in [0.1, 0.15) is 0 Å². The average Bonchev–Trinajstić information content (AvgIpc) is 3.50. The number of nitrogens with one attached hydrogen (secondary N) is 2. The van der Waals surface area contributed by atoms with Crippen LogP contribution in [-0.2, 0) is 22.6 Å². The first-order valence-corrected chi connectivity index (χ1v) is 11.9. The molecule has 2 amide bonds. The molecule has 4 unspecified atom stereocenters. The number of carbonyl (C=O) groups excluding carboxylic acids is 2. The lowest BCUT2D eigenvalue weighted by atomic mass is 9.85. The van der Waals surface area contributed by atoms with Gasteiger partial charge in [0.05, 0.1) is 11.8 Å². The van der Waals surface area contributed by atoms with Crippen molar-refractivity contribution in [1.82, 2.24) is 20.4 Å². The summed E-state index contributed by atoms with van der Waals surface area (Å²) >= 11 is 0. The molecule has 2 heterocycles. The minimum atomic E-state index is -0.0957. The molecular weight excluding hydrogens is 402 g/mol. The highest BCUT2D eigenvalue weighted by molar-refractivity contribution is 6.06. The predicted molar refractivity (Wildman–Crippen MR) is 124 cm³/mol. The fraction of sp³-hybridized carbons (Fsp3) is 0.560. The van der Waals surface area contributed by atoms with Crippen LogP contribution in [0.4, 0.5) is 0 Å². The van der Waals surface area contributed by atoms with Gasteiger partial charge >= 0.3 is 0 Å². The standard InChI is InChI=1S/C25H33N5O2/c1-26-25(28-11-14-29-13-9-17-5-2-3-6-20(17)16-29)27-10-4-12-30-23(31)21-18-7-8-19(15-18)22(21)24(30)32/h2-3,5-8,18-19,21-22H,4,9-16H2,1H3,(H2,26,27,28). The van der Waals surface area contributed by atoms with Crippen LogP contribution in [0.5, 0.6) is 0 Å². The lowest BCUT2D eigenvalue weighted by Crippen LogP contribution is -2.43. The lowest BCUT2D eigenvalue weighted by molar-refractivity contribution is -0.140. The summed E-state index contributed by atoms with van der Waals surface area (Å²) in [5.41, 5.74) is 2.90. The van der Waals surface area contributed by atoms with Crippen molar-refractivity contribution >= 4 is 17.8 Å². The molecule has 4 aliphatic rings. The number of benzene rings is 1. The molecule has 1 saturated heterocycles. The number of hydrogen-bond acceptors (Lipinski definition) is 4. The molecule has 0 spiro atoms. The van der Waals surface area contributed by atoms with E-state index in [0.29, 0.717) is 13.1 Å². The first-order chi connectivity index (χ1) is 15.7. The van der Waals surface area contributed by atoms with E-state index in [0.717, 1.165) is 51.4 Å². The number of nitrogens with zero attached hydrogens (tertiary/aromatic N) is 3. The van der Waals surface area contributed by atoms with Crippen LogP contribution in [0.2, 0.25) is 0 Å². The summed E-state index contributed by atoms with van der Waals surface area (Å²) in [6.45, 7) is 5.04. The molecule has 2 aliphatic carbocycles. The van der Waals surface area contributed by atoms with E-state index in [2.05, 4.69) is 56.9 Å². The van der Waals surface area contributed by atoms with Crippen molar-refractivity contribution in [3.63, 3.8) is 0 Å². The smallest absolute Gasteiger partial charge is 0.233 e. The Balaban J connectivity index is 1.01. The molecule has 7 heteroatoms. The third-order valence-corrected chi connectivity index (χ3v) is 7.57. The molecule has 1 saturated carbocycles. The Morgan fingerprint density at radius 2 is 1.69 bits per heavy atom. The summed E-state index contributed by atoms with van der Waals surface area (Å²) < 4.78 is 0. The van der Waals surface area contributed by atoms with E-state index in [1.807, 2.05) is 0 Å². The van der Waals surface area contributed by atoms with E-state index >= 15 is 0 Å². The number of likely N-dealkylation sites (tertiary alicyclic amines) is 1. The molecule has 5 rings (SSSR count). The Hall–Kier alpha value is -2.67. The molecular formula is C25H33N5O2. The van der Waals surface area contributed by atoms with Gasteiger partial charge in [-0.3, -0.25) is 24.4 Å². The first-order valence-electron chi connectivity index (χ1n) is 11.9. The van der Waals surface area contributed by atoms with Crippen molar-refractivity contribution < 1.29 is 9.59 Å². The van der Waals surface area contributed by atoms with Gasteiger partial charge in [-0.05, 0) is 42.2 Å². The van der Waals surface area contributed by atoms with E-state index in [1.165, 1.54) is 16.0 Å². The first kappa shape index (κ1) is 21.2. The Morgan fingerprint density at radius 3 is 2.41 bits per heavy atom. The van der Waals surface area contributed by atoms with Gasteiger partial charge in [-0.15, -0.1) is 0 Å². The highest BCUT2D eigenvalue weighted by atomic mass is 16.2. The second kappa shape index (κ2) is 9.06. The summed E-state index contributed by atoms with van der Waals surface area (Å²) in [4.78, 5) is 33.8. The Bertz CT molecular complexity index is 912. The van der Waals surface area contributed by atoms with E-state index in [-0.39, 0.29) is 35.5 Å². The van der Waals surface area contributed by atoms with Gasteiger partial charge in [-0.1, -0.05) is 36.4 Å². The van der Waals surface area contributed by atoms with Crippen LogP contribution in [0.25, 0.3) is 0 Å². The van der Waals surface area contributed by atoms with E-state index in [4.69, 9.17) is 0 Å². The topological polar surface area (TPSA) is 77.0 Å². The molecule has 2 N–H and O–H groups in total. The maximum absolute atomic E-state index is 12.8. The molecule has 32 heavy (non-hydrogen) atoms. The Labute approximate surface area is 189 Å². The molecule has 170 valence electrons.